The van der Waals surface area contributed by atoms with Crippen molar-refractivity contribution < 1.29 is 17.6 Å². The maximum atomic E-state index is 12.6. The first-order valence-corrected chi connectivity index (χ1v) is 10.0. The summed E-state index contributed by atoms with van der Waals surface area (Å²) >= 11 is 0. The Morgan fingerprint density at radius 3 is 2.46 bits per heavy atom. The summed E-state index contributed by atoms with van der Waals surface area (Å²) in [5.74, 6) is 0.771. The van der Waals surface area contributed by atoms with Crippen LogP contribution in [0, 0.1) is 0 Å². The number of sulfonamides is 1. The van der Waals surface area contributed by atoms with Crippen LogP contribution in [0.2, 0.25) is 0 Å². The molecule has 0 aliphatic heterocycles. The summed E-state index contributed by atoms with van der Waals surface area (Å²) < 4.78 is 38.1. The van der Waals surface area contributed by atoms with Gasteiger partial charge in [-0.25, -0.2) is 17.9 Å². The van der Waals surface area contributed by atoms with Crippen LogP contribution in [0.4, 0.5) is 0 Å². The lowest BCUT2D eigenvalue weighted by Crippen LogP contribution is -2.23. The fourth-order valence-electron chi connectivity index (χ4n) is 2.99. The van der Waals surface area contributed by atoms with Gasteiger partial charge in [0, 0.05) is 18.0 Å². The fraction of sp³-hybridized carbons (Fsp3) is 0.0952. The van der Waals surface area contributed by atoms with E-state index in [1.807, 2.05) is 36.4 Å². The molecule has 7 heteroatoms. The molecular weight excluding hydrogens is 378 g/mol. The van der Waals surface area contributed by atoms with Gasteiger partial charge >= 0.3 is 5.63 Å². The molecule has 0 radical (unpaired) electrons. The van der Waals surface area contributed by atoms with E-state index in [0.29, 0.717) is 11.0 Å². The van der Waals surface area contributed by atoms with E-state index in [1.165, 1.54) is 30.3 Å². The molecule has 0 aliphatic rings. The van der Waals surface area contributed by atoms with Crippen LogP contribution in [0.25, 0.3) is 21.7 Å². The predicted molar refractivity (Wildman–Crippen MR) is 107 cm³/mol. The van der Waals surface area contributed by atoms with Gasteiger partial charge in [0.05, 0.1) is 12.0 Å². The van der Waals surface area contributed by atoms with Crippen molar-refractivity contribution in [2.24, 2.45) is 0 Å². The molecule has 0 spiro atoms. The van der Waals surface area contributed by atoms with E-state index in [1.54, 1.807) is 7.11 Å². The third-order valence-corrected chi connectivity index (χ3v) is 5.88. The van der Waals surface area contributed by atoms with Crippen molar-refractivity contribution in [3.8, 4) is 5.75 Å². The van der Waals surface area contributed by atoms with Crippen molar-refractivity contribution in [1.29, 1.82) is 0 Å². The first-order valence-electron chi connectivity index (χ1n) is 8.55. The van der Waals surface area contributed by atoms with Crippen LogP contribution >= 0.6 is 0 Å². The molecule has 28 heavy (non-hydrogen) atoms. The summed E-state index contributed by atoms with van der Waals surface area (Å²) in [6.45, 7) is 0.159. The number of rotatable bonds is 5. The predicted octanol–water partition coefficient (Wildman–Crippen LogP) is 3.43. The van der Waals surface area contributed by atoms with Crippen molar-refractivity contribution in [1.82, 2.24) is 4.72 Å². The molecular formula is C21H17NO5S. The Morgan fingerprint density at radius 1 is 0.893 bits per heavy atom. The number of ether oxygens (including phenoxy) is 1. The molecule has 3 aromatic carbocycles. The minimum atomic E-state index is -3.71. The van der Waals surface area contributed by atoms with E-state index < -0.39 is 15.6 Å². The molecule has 0 unspecified atom stereocenters. The Bertz CT molecular complexity index is 1340. The largest absolute Gasteiger partial charge is 0.497 e. The quantitative estimate of drug-likeness (QED) is 0.523. The molecule has 0 saturated heterocycles. The highest BCUT2D eigenvalue weighted by Gasteiger charge is 2.15. The van der Waals surface area contributed by atoms with E-state index in [9.17, 15) is 13.2 Å². The number of hydrogen-bond donors (Lipinski definition) is 1. The van der Waals surface area contributed by atoms with Crippen LogP contribution in [0.15, 0.2) is 80.8 Å². The number of benzene rings is 3. The molecule has 0 fully saturated rings. The van der Waals surface area contributed by atoms with Crippen LogP contribution in [0.3, 0.4) is 0 Å². The van der Waals surface area contributed by atoms with Gasteiger partial charge in [-0.2, -0.15) is 0 Å². The molecule has 1 heterocycles. The maximum absolute atomic E-state index is 12.6. The Labute approximate surface area is 161 Å². The summed E-state index contributed by atoms with van der Waals surface area (Å²) in [5.41, 5.74) is 0.708. The molecule has 4 rings (SSSR count). The molecule has 6 nitrogen and oxygen atoms in total. The van der Waals surface area contributed by atoms with Crippen LogP contribution in [0.1, 0.15) is 5.56 Å². The minimum absolute atomic E-state index is 0.111. The van der Waals surface area contributed by atoms with E-state index in [0.717, 1.165) is 22.1 Å². The Morgan fingerprint density at radius 2 is 1.64 bits per heavy atom. The van der Waals surface area contributed by atoms with Crippen LogP contribution in [0.5, 0.6) is 5.75 Å². The fourth-order valence-corrected chi connectivity index (χ4v) is 4.04. The van der Waals surface area contributed by atoms with Gasteiger partial charge in [0.1, 0.15) is 11.3 Å². The molecule has 0 saturated carbocycles. The third-order valence-electron chi connectivity index (χ3n) is 4.48. The molecule has 1 N–H and O–H groups in total. The van der Waals surface area contributed by atoms with Gasteiger partial charge in [0.2, 0.25) is 10.0 Å². The minimum Gasteiger partial charge on any atom is -0.497 e. The lowest BCUT2D eigenvalue weighted by Gasteiger charge is -2.09. The highest BCUT2D eigenvalue weighted by molar-refractivity contribution is 7.89. The average molecular weight is 395 g/mol. The van der Waals surface area contributed by atoms with Crippen molar-refractivity contribution in [2.75, 3.05) is 7.11 Å². The van der Waals surface area contributed by atoms with Gasteiger partial charge < -0.3 is 9.15 Å². The Kier molecular flexibility index (Phi) is 4.62. The summed E-state index contributed by atoms with van der Waals surface area (Å²) in [5, 5.41) is 2.56. The average Bonchev–Trinajstić information content (AvgIpc) is 2.71. The normalized spacial score (nSPS) is 11.8. The second-order valence-corrected chi connectivity index (χ2v) is 8.09. The molecule has 1 aromatic heterocycles. The van der Waals surface area contributed by atoms with Gasteiger partial charge in [0.25, 0.3) is 0 Å². The molecule has 0 bridgehead atoms. The van der Waals surface area contributed by atoms with Crippen molar-refractivity contribution in [3.05, 3.63) is 82.7 Å². The zero-order valence-corrected chi connectivity index (χ0v) is 15.8. The Hall–Kier alpha value is -3.16. The second kappa shape index (κ2) is 7.10. The van der Waals surface area contributed by atoms with Crippen LogP contribution in [-0.4, -0.2) is 15.5 Å². The van der Waals surface area contributed by atoms with Crippen molar-refractivity contribution in [3.63, 3.8) is 0 Å². The standard InChI is InChI=1S/C21H17NO5S/c1-26-18-6-4-15-10-14(2-3-16(15)11-18)13-22-28(24,25)19-7-8-20-17(12-19)5-9-21(23)27-20/h2-12,22H,13H2,1H3. The van der Waals surface area contributed by atoms with Gasteiger partial charge in [-0.15, -0.1) is 0 Å². The first-order chi connectivity index (χ1) is 13.4. The second-order valence-electron chi connectivity index (χ2n) is 6.33. The van der Waals surface area contributed by atoms with Crippen molar-refractivity contribution >= 4 is 31.8 Å². The highest BCUT2D eigenvalue weighted by Crippen LogP contribution is 2.22. The van der Waals surface area contributed by atoms with E-state index in [2.05, 4.69) is 4.72 Å². The molecule has 4 aromatic rings. The summed E-state index contributed by atoms with van der Waals surface area (Å²) in [6, 6.07) is 18.6. The third kappa shape index (κ3) is 3.62. The summed E-state index contributed by atoms with van der Waals surface area (Å²) in [4.78, 5) is 11.4. The van der Waals surface area contributed by atoms with E-state index >= 15 is 0 Å². The zero-order chi connectivity index (χ0) is 19.7. The van der Waals surface area contributed by atoms with Gasteiger partial charge in [0.15, 0.2) is 0 Å². The van der Waals surface area contributed by atoms with Gasteiger partial charge in [-0.05, 0) is 58.8 Å². The number of nitrogens with one attached hydrogen (secondary N) is 1. The Balaban J connectivity index is 1.57. The van der Waals surface area contributed by atoms with Gasteiger partial charge in [-0.3, -0.25) is 0 Å². The lowest BCUT2D eigenvalue weighted by atomic mass is 10.1. The van der Waals surface area contributed by atoms with Crippen LogP contribution < -0.4 is 15.1 Å². The smallest absolute Gasteiger partial charge is 0.336 e. The lowest BCUT2D eigenvalue weighted by molar-refractivity contribution is 0.415. The summed E-state index contributed by atoms with van der Waals surface area (Å²) in [6.07, 6.45) is 0. The maximum Gasteiger partial charge on any atom is 0.336 e. The molecule has 0 amide bonds. The van der Waals surface area contributed by atoms with E-state index in [-0.39, 0.29) is 11.4 Å². The zero-order valence-electron chi connectivity index (χ0n) is 15.0. The first kappa shape index (κ1) is 18.2. The van der Waals surface area contributed by atoms with Crippen molar-refractivity contribution in [2.45, 2.75) is 11.4 Å². The molecule has 0 atom stereocenters. The number of methoxy groups -OCH3 is 1. The summed E-state index contributed by atoms with van der Waals surface area (Å²) in [7, 11) is -2.10. The van der Waals surface area contributed by atoms with Gasteiger partial charge in [-0.1, -0.05) is 18.2 Å². The topological polar surface area (TPSA) is 85.6 Å². The monoisotopic (exact) mass is 395 g/mol. The SMILES string of the molecule is COc1ccc2cc(CNS(=O)(=O)c3ccc4oc(=O)ccc4c3)ccc2c1. The molecule has 0 aliphatic carbocycles. The van der Waals surface area contributed by atoms with Crippen LogP contribution in [-0.2, 0) is 16.6 Å². The molecule has 142 valence electrons. The van der Waals surface area contributed by atoms with E-state index in [4.69, 9.17) is 9.15 Å². The number of fused-ring (bicyclic) bond motifs is 2. The highest BCUT2D eigenvalue weighted by atomic mass is 32.2. The number of hydrogen-bond acceptors (Lipinski definition) is 5.